The Balaban J connectivity index is 1.62. The van der Waals surface area contributed by atoms with Gasteiger partial charge in [0.1, 0.15) is 11.7 Å². The van der Waals surface area contributed by atoms with E-state index in [0.29, 0.717) is 24.7 Å². The van der Waals surface area contributed by atoms with Crippen molar-refractivity contribution in [3.63, 3.8) is 0 Å². The molecular weight excluding hydrogens is 404 g/mol. The summed E-state index contributed by atoms with van der Waals surface area (Å²) in [6, 6.07) is 0. The van der Waals surface area contributed by atoms with Crippen LogP contribution in [0.15, 0.2) is 11.6 Å². The van der Waals surface area contributed by atoms with Crippen LogP contribution in [-0.2, 0) is 19.1 Å². The third kappa shape index (κ3) is 3.41. The van der Waals surface area contributed by atoms with E-state index in [1.165, 1.54) is 6.92 Å². The first-order chi connectivity index (χ1) is 15.1. The minimum Gasteiger partial charge on any atom is -0.461 e. The highest BCUT2D eigenvalue weighted by Gasteiger charge is 2.66. The van der Waals surface area contributed by atoms with Crippen molar-refractivity contribution in [2.24, 2.45) is 28.6 Å². The molecule has 4 aliphatic rings. The smallest absolute Gasteiger partial charge is 0.306 e. The number of carbonyl (C=O) groups excluding carboxylic acids is 3. The van der Waals surface area contributed by atoms with E-state index in [-0.39, 0.29) is 35.3 Å². The lowest BCUT2D eigenvalue weighted by Crippen LogP contribution is -2.59. The number of carbonyl (C=O) groups is 3. The van der Waals surface area contributed by atoms with Gasteiger partial charge >= 0.3 is 5.97 Å². The van der Waals surface area contributed by atoms with Crippen LogP contribution >= 0.6 is 0 Å². The molecular formula is C27H40O5. The Hall–Kier alpha value is -1.49. The lowest BCUT2D eigenvalue weighted by atomic mass is 9.45. The highest BCUT2D eigenvalue weighted by Crippen LogP contribution is 2.67. The molecule has 3 fully saturated rings. The summed E-state index contributed by atoms with van der Waals surface area (Å²) >= 11 is 0. The summed E-state index contributed by atoms with van der Waals surface area (Å²) in [5.74, 6) is 0.732. The SMILES string of the molecule is CCCCCC(=O)OC1CC(=O)C=C2CCC3C(CCC4(C)C3CCC4(O)C(C)=O)C21C. The topological polar surface area (TPSA) is 80.7 Å². The van der Waals surface area contributed by atoms with Crippen molar-refractivity contribution >= 4 is 17.5 Å². The Morgan fingerprint density at radius 2 is 1.84 bits per heavy atom. The summed E-state index contributed by atoms with van der Waals surface area (Å²) in [5, 5.41) is 11.3. The molecule has 5 heteroatoms. The molecule has 1 N–H and O–H groups in total. The lowest BCUT2D eigenvalue weighted by molar-refractivity contribution is -0.174. The van der Waals surface area contributed by atoms with Gasteiger partial charge in [-0.3, -0.25) is 14.4 Å². The van der Waals surface area contributed by atoms with Gasteiger partial charge < -0.3 is 9.84 Å². The van der Waals surface area contributed by atoms with Crippen LogP contribution < -0.4 is 0 Å². The lowest BCUT2D eigenvalue weighted by Gasteiger charge is -2.60. The first-order valence-electron chi connectivity index (χ1n) is 12.7. The fraction of sp³-hybridized carbons (Fsp3) is 0.815. The molecule has 32 heavy (non-hydrogen) atoms. The molecule has 3 saturated carbocycles. The van der Waals surface area contributed by atoms with Crippen molar-refractivity contribution in [1.82, 2.24) is 0 Å². The van der Waals surface area contributed by atoms with Crippen molar-refractivity contribution in [2.45, 2.75) is 110 Å². The number of Topliss-reactive ketones (excluding diaryl/α,β-unsaturated/α-hetero) is 1. The number of esters is 1. The molecule has 0 radical (unpaired) electrons. The van der Waals surface area contributed by atoms with Gasteiger partial charge in [-0.1, -0.05) is 39.2 Å². The highest BCUT2D eigenvalue weighted by atomic mass is 16.5. The quantitative estimate of drug-likeness (QED) is 0.464. The van der Waals surface area contributed by atoms with E-state index in [2.05, 4.69) is 20.8 Å². The summed E-state index contributed by atoms with van der Waals surface area (Å²) in [5.41, 5.74) is -0.818. The average molecular weight is 445 g/mol. The van der Waals surface area contributed by atoms with Crippen LogP contribution in [0.25, 0.3) is 0 Å². The molecule has 4 rings (SSSR count). The standard InChI is InChI=1S/C27H40O5/c1-5-6-7-8-24(30)32-23-16-19(29)15-18-9-10-20-21-12-14-27(31,17(2)28)25(21,3)13-11-22(20)26(18,23)4/h15,20-23,31H,5-14,16H2,1-4H3. The molecule has 5 nitrogen and oxygen atoms in total. The van der Waals surface area contributed by atoms with E-state index in [1.807, 2.05) is 6.08 Å². The van der Waals surface area contributed by atoms with Crippen molar-refractivity contribution in [3.8, 4) is 0 Å². The van der Waals surface area contributed by atoms with Crippen LogP contribution in [0.4, 0.5) is 0 Å². The fourth-order valence-electron chi connectivity index (χ4n) is 8.08. The molecule has 178 valence electrons. The van der Waals surface area contributed by atoms with Crippen molar-refractivity contribution < 1.29 is 24.2 Å². The third-order valence-corrected chi connectivity index (χ3v) is 10.0. The zero-order valence-electron chi connectivity index (χ0n) is 20.2. The molecule has 0 aromatic heterocycles. The number of ketones is 2. The molecule has 0 heterocycles. The van der Waals surface area contributed by atoms with Gasteiger partial charge in [-0.05, 0) is 75.7 Å². The highest BCUT2D eigenvalue weighted by molar-refractivity contribution is 5.92. The Morgan fingerprint density at radius 1 is 1.12 bits per heavy atom. The van der Waals surface area contributed by atoms with E-state index < -0.39 is 17.1 Å². The van der Waals surface area contributed by atoms with Gasteiger partial charge in [0.2, 0.25) is 0 Å². The van der Waals surface area contributed by atoms with Gasteiger partial charge in [0.25, 0.3) is 0 Å². The number of rotatable bonds is 6. The van der Waals surface area contributed by atoms with E-state index in [1.54, 1.807) is 0 Å². The Morgan fingerprint density at radius 3 is 2.53 bits per heavy atom. The summed E-state index contributed by atoms with van der Waals surface area (Å²) in [7, 11) is 0. The molecule has 4 aliphatic carbocycles. The predicted molar refractivity (Wildman–Crippen MR) is 122 cm³/mol. The average Bonchev–Trinajstić information content (AvgIpc) is 3.01. The van der Waals surface area contributed by atoms with Gasteiger partial charge in [0.05, 0.1) is 0 Å². The summed E-state index contributed by atoms with van der Waals surface area (Å²) in [4.78, 5) is 37.6. The summed E-state index contributed by atoms with van der Waals surface area (Å²) in [6.07, 6.45) is 9.87. The molecule has 0 amide bonds. The molecule has 0 bridgehead atoms. The minimum atomic E-state index is -1.23. The number of fused-ring (bicyclic) bond motifs is 5. The molecule has 0 aromatic carbocycles. The van der Waals surface area contributed by atoms with Crippen molar-refractivity contribution in [3.05, 3.63) is 11.6 Å². The summed E-state index contributed by atoms with van der Waals surface area (Å²) < 4.78 is 6.04. The van der Waals surface area contributed by atoms with Crippen LogP contribution in [-0.4, -0.2) is 34.3 Å². The Kier molecular flexibility index (Phi) is 6.19. The van der Waals surface area contributed by atoms with Crippen LogP contribution in [0, 0.1) is 28.6 Å². The van der Waals surface area contributed by atoms with Crippen molar-refractivity contribution in [2.75, 3.05) is 0 Å². The zero-order valence-corrected chi connectivity index (χ0v) is 20.2. The van der Waals surface area contributed by atoms with Crippen LogP contribution in [0.5, 0.6) is 0 Å². The maximum absolute atomic E-state index is 12.6. The van der Waals surface area contributed by atoms with E-state index in [4.69, 9.17) is 4.74 Å². The molecule has 0 saturated heterocycles. The second kappa shape index (κ2) is 8.38. The van der Waals surface area contributed by atoms with E-state index >= 15 is 0 Å². The first kappa shape index (κ1) is 23.7. The maximum Gasteiger partial charge on any atom is 0.306 e. The van der Waals surface area contributed by atoms with Crippen LogP contribution in [0.2, 0.25) is 0 Å². The number of hydrogen-bond acceptors (Lipinski definition) is 5. The minimum absolute atomic E-state index is 0.0646. The molecule has 0 spiro atoms. The van der Waals surface area contributed by atoms with Gasteiger partial charge in [0.15, 0.2) is 11.6 Å². The van der Waals surface area contributed by atoms with Gasteiger partial charge in [0, 0.05) is 23.7 Å². The van der Waals surface area contributed by atoms with Gasteiger partial charge in [-0.15, -0.1) is 0 Å². The monoisotopic (exact) mass is 444 g/mol. The zero-order chi connectivity index (χ0) is 23.3. The fourth-order valence-corrected chi connectivity index (χ4v) is 8.08. The van der Waals surface area contributed by atoms with E-state index in [0.717, 1.165) is 56.9 Å². The number of ether oxygens (including phenoxy) is 1. The van der Waals surface area contributed by atoms with E-state index in [9.17, 15) is 19.5 Å². The number of aliphatic hydroxyl groups is 1. The Labute approximate surface area is 192 Å². The molecule has 0 aliphatic heterocycles. The molecule has 0 aromatic rings. The van der Waals surface area contributed by atoms with Crippen LogP contribution in [0.1, 0.15) is 98.3 Å². The van der Waals surface area contributed by atoms with Crippen LogP contribution in [0.3, 0.4) is 0 Å². The maximum atomic E-state index is 12.6. The first-order valence-corrected chi connectivity index (χ1v) is 12.7. The van der Waals surface area contributed by atoms with Gasteiger partial charge in [-0.25, -0.2) is 0 Å². The number of unbranched alkanes of at least 4 members (excludes halogenated alkanes) is 2. The predicted octanol–water partition coefficient (Wildman–Crippen LogP) is 4.94. The second-order valence-corrected chi connectivity index (χ2v) is 11.4. The molecule has 7 unspecified atom stereocenters. The molecule has 7 atom stereocenters. The largest absolute Gasteiger partial charge is 0.461 e. The van der Waals surface area contributed by atoms with Crippen molar-refractivity contribution in [1.29, 1.82) is 0 Å². The third-order valence-electron chi connectivity index (χ3n) is 10.0. The Bertz CT molecular complexity index is 830. The normalized spacial score (nSPS) is 43.0. The summed E-state index contributed by atoms with van der Waals surface area (Å²) in [6.45, 7) is 7.97. The number of hydrogen-bond donors (Lipinski definition) is 1. The van der Waals surface area contributed by atoms with Gasteiger partial charge in [-0.2, -0.15) is 0 Å². The second-order valence-electron chi connectivity index (χ2n) is 11.4.